The molecule has 0 fully saturated rings. The second-order valence-electron chi connectivity index (χ2n) is 3.35. The van der Waals surface area contributed by atoms with Crippen LogP contribution >= 0.6 is 11.8 Å². The van der Waals surface area contributed by atoms with Gasteiger partial charge in [0.15, 0.2) is 0 Å². The minimum absolute atomic E-state index is 0.565. The number of nitrogens with one attached hydrogen (secondary N) is 1. The van der Waals surface area contributed by atoms with Crippen molar-refractivity contribution in [1.82, 2.24) is 0 Å². The lowest BCUT2D eigenvalue weighted by Gasteiger charge is -2.14. The van der Waals surface area contributed by atoms with Crippen LogP contribution in [0.3, 0.4) is 0 Å². The van der Waals surface area contributed by atoms with Crippen LogP contribution in [0.4, 0.5) is 11.4 Å². The molecule has 3 N–H and O–H groups in total. The van der Waals surface area contributed by atoms with Crippen molar-refractivity contribution in [3.05, 3.63) is 18.2 Å². The molecule has 0 aromatic heterocycles. The van der Waals surface area contributed by atoms with Gasteiger partial charge in [-0.05, 0) is 18.4 Å². The molecule has 0 aliphatic carbocycles. The summed E-state index contributed by atoms with van der Waals surface area (Å²) in [7, 11) is 1.62. The second-order valence-corrected chi connectivity index (χ2v) is 4.62. The molecule has 0 bridgehead atoms. The first-order valence-electron chi connectivity index (χ1n) is 4.88. The molecule has 0 aliphatic heterocycles. The van der Waals surface area contributed by atoms with Crippen molar-refractivity contribution < 1.29 is 4.74 Å². The fourth-order valence-corrected chi connectivity index (χ4v) is 1.46. The predicted octanol–water partition coefficient (Wildman–Crippen LogP) is 2.44. The van der Waals surface area contributed by atoms with Crippen molar-refractivity contribution in [1.29, 1.82) is 0 Å². The average molecular weight is 226 g/mol. The zero-order valence-corrected chi connectivity index (χ0v) is 10.2. The summed E-state index contributed by atoms with van der Waals surface area (Å²) >= 11 is 1.83. The summed E-state index contributed by atoms with van der Waals surface area (Å²) in [6.45, 7) is 3.08. The number of nitrogens with two attached hydrogens (primary N) is 1. The Labute approximate surface area is 95.4 Å². The number of para-hydroxylation sites is 1. The van der Waals surface area contributed by atoms with Gasteiger partial charge in [-0.1, -0.05) is 13.0 Å². The molecular weight excluding hydrogens is 208 g/mol. The van der Waals surface area contributed by atoms with E-state index in [1.165, 1.54) is 0 Å². The summed E-state index contributed by atoms with van der Waals surface area (Å²) in [5.74, 6) is 0.719. The summed E-state index contributed by atoms with van der Waals surface area (Å²) in [5, 5.41) is 3.88. The molecule has 4 heteroatoms. The number of ether oxygens (including phenoxy) is 1. The minimum Gasteiger partial charge on any atom is -0.495 e. The Kier molecular flexibility index (Phi) is 4.62. The van der Waals surface area contributed by atoms with Gasteiger partial charge in [-0.25, -0.2) is 0 Å². The maximum absolute atomic E-state index is 5.93. The third-order valence-corrected chi connectivity index (χ3v) is 3.24. The Morgan fingerprint density at radius 3 is 2.87 bits per heavy atom. The van der Waals surface area contributed by atoms with Gasteiger partial charge in [0.25, 0.3) is 0 Å². The second kappa shape index (κ2) is 5.75. The lowest BCUT2D eigenvalue weighted by atomic mass is 10.2. The lowest BCUT2D eigenvalue weighted by molar-refractivity contribution is 0.417. The Balaban J connectivity index is 2.68. The molecule has 1 aromatic carbocycles. The Bertz CT molecular complexity index is 317. The minimum atomic E-state index is 0.565. The van der Waals surface area contributed by atoms with Gasteiger partial charge in [0.05, 0.1) is 18.5 Å². The monoisotopic (exact) mass is 226 g/mol. The molecule has 0 radical (unpaired) electrons. The van der Waals surface area contributed by atoms with Crippen LogP contribution in [0.1, 0.15) is 6.92 Å². The van der Waals surface area contributed by atoms with E-state index in [0.29, 0.717) is 10.9 Å². The van der Waals surface area contributed by atoms with Crippen molar-refractivity contribution in [2.75, 3.05) is 31.0 Å². The number of nitrogen functional groups attached to an aromatic ring is 1. The first-order chi connectivity index (χ1) is 7.19. The summed E-state index contributed by atoms with van der Waals surface area (Å²) in [5.41, 5.74) is 7.54. The zero-order chi connectivity index (χ0) is 11.3. The van der Waals surface area contributed by atoms with E-state index >= 15 is 0 Å². The largest absolute Gasteiger partial charge is 0.495 e. The predicted molar refractivity (Wildman–Crippen MR) is 68.9 cm³/mol. The summed E-state index contributed by atoms with van der Waals surface area (Å²) in [4.78, 5) is 0. The number of methoxy groups -OCH3 is 1. The van der Waals surface area contributed by atoms with Crippen LogP contribution in [0, 0.1) is 0 Å². The molecule has 1 aromatic rings. The molecule has 0 saturated carbocycles. The molecule has 0 spiro atoms. The van der Waals surface area contributed by atoms with Gasteiger partial charge in [-0.2, -0.15) is 11.8 Å². The molecule has 15 heavy (non-hydrogen) atoms. The van der Waals surface area contributed by atoms with E-state index in [0.717, 1.165) is 18.0 Å². The molecule has 0 aliphatic rings. The van der Waals surface area contributed by atoms with Crippen molar-refractivity contribution in [2.24, 2.45) is 0 Å². The Morgan fingerprint density at radius 2 is 2.27 bits per heavy atom. The topological polar surface area (TPSA) is 47.3 Å². The first kappa shape index (κ1) is 12.0. The van der Waals surface area contributed by atoms with Crippen LogP contribution in [0.25, 0.3) is 0 Å². The van der Waals surface area contributed by atoms with E-state index in [2.05, 4.69) is 18.5 Å². The van der Waals surface area contributed by atoms with Gasteiger partial charge < -0.3 is 15.8 Å². The fraction of sp³-hybridized carbons (Fsp3) is 0.455. The number of thioether (sulfide) groups is 1. The van der Waals surface area contributed by atoms with E-state index in [1.807, 2.05) is 30.0 Å². The molecular formula is C11H18N2OS. The van der Waals surface area contributed by atoms with Crippen LogP contribution < -0.4 is 15.8 Å². The molecule has 1 unspecified atom stereocenters. The van der Waals surface area contributed by atoms with E-state index < -0.39 is 0 Å². The fourth-order valence-electron chi connectivity index (χ4n) is 1.21. The van der Waals surface area contributed by atoms with Crippen LogP contribution in [0.15, 0.2) is 18.2 Å². The normalized spacial score (nSPS) is 12.2. The molecule has 0 heterocycles. The highest BCUT2D eigenvalue weighted by Crippen LogP contribution is 2.28. The molecule has 0 amide bonds. The standard InChI is InChI=1S/C11H18N2OS/c1-8(15-3)7-13-9-5-4-6-10(14-2)11(9)12/h4-6,8,13H,7,12H2,1-3H3. The van der Waals surface area contributed by atoms with Gasteiger partial charge in [-0.3, -0.25) is 0 Å². The molecule has 0 saturated heterocycles. The zero-order valence-electron chi connectivity index (χ0n) is 9.41. The summed E-state index contributed by atoms with van der Waals surface area (Å²) < 4.78 is 5.15. The van der Waals surface area contributed by atoms with Crippen LogP contribution in [0.5, 0.6) is 5.75 Å². The van der Waals surface area contributed by atoms with Gasteiger partial charge in [-0.15, -0.1) is 0 Å². The lowest BCUT2D eigenvalue weighted by Crippen LogP contribution is -2.13. The van der Waals surface area contributed by atoms with Crippen molar-refractivity contribution in [3.8, 4) is 5.75 Å². The summed E-state index contributed by atoms with van der Waals surface area (Å²) in [6, 6.07) is 5.75. The van der Waals surface area contributed by atoms with Crippen molar-refractivity contribution in [2.45, 2.75) is 12.2 Å². The van der Waals surface area contributed by atoms with E-state index in [-0.39, 0.29) is 0 Å². The maximum atomic E-state index is 5.93. The molecule has 84 valence electrons. The van der Waals surface area contributed by atoms with E-state index in [9.17, 15) is 0 Å². The average Bonchev–Trinajstić information content (AvgIpc) is 2.27. The Hall–Kier alpha value is -1.03. The maximum Gasteiger partial charge on any atom is 0.143 e. The van der Waals surface area contributed by atoms with Crippen molar-refractivity contribution in [3.63, 3.8) is 0 Å². The van der Waals surface area contributed by atoms with Crippen LogP contribution in [-0.2, 0) is 0 Å². The van der Waals surface area contributed by atoms with Gasteiger partial charge in [0.2, 0.25) is 0 Å². The Morgan fingerprint density at radius 1 is 1.53 bits per heavy atom. The van der Waals surface area contributed by atoms with Gasteiger partial charge >= 0.3 is 0 Å². The quantitative estimate of drug-likeness (QED) is 0.757. The highest BCUT2D eigenvalue weighted by atomic mass is 32.2. The van der Waals surface area contributed by atoms with E-state index in [4.69, 9.17) is 10.5 Å². The number of hydrogen-bond acceptors (Lipinski definition) is 4. The van der Waals surface area contributed by atoms with Gasteiger partial charge in [0, 0.05) is 11.8 Å². The van der Waals surface area contributed by atoms with Crippen molar-refractivity contribution >= 4 is 23.1 Å². The molecule has 1 rings (SSSR count). The smallest absolute Gasteiger partial charge is 0.143 e. The van der Waals surface area contributed by atoms with Crippen LogP contribution in [0.2, 0.25) is 0 Å². The third kappa shape index (κ3) is 3.23. The number of rotatable bonds is 5. The summed E-state index contributed by atoms with van der Waals surface area (Å²) in [6.07, 6.45) is 2.10. The number of benzene rings is 1. The highest BCUT2D eigenvalue weighted by Gasteiger charge is 2.05. The third-order valence-electron chi connectivity index (χ3n) is 2.27. The SMILES string of the molecule is COc1cccc(NCC(C)SC)c1N. The molecule has 1 atom stereocenters. The number of hydrogen-bond donors (Lipinski definition) is 2. The van der Waals surface area contributed by atoms with E-state index in [1.54, 1.807) is 7.11 Å². The van der Waals surface area contributed by atoms with Crippen LogP contribution in [-0.4, -0.2) is 25.2 Å². The van der Waals surface area contributed by atoms with Gasteiger partial charge in [0.1, 0.15) is 5.75 Å². The molecule has 3 nitrogen and oxygen atoms in total. The highest BCUT2D eigenvalue weighted by molar-refractivity contribution is 7.99. The number of anilines is 2. The first-order valence-corrected chi connectivity index (χ1v) is 6.17.